The first-order valence-corrected chi connectivity index (χ1v) is 7.20. The predicted molar refractivity (Wildman–Crippen MR) is 85.0 cm³/mol. The Balaban J connectivity index is 2.10. The van der Waals surface area contributed by atoms with Gasteiger partial charge in [0.05, 0.1) is 13.5 Å². The van der Waals surface area contributed by atoms with Crippen LogP contribution in [0.15, 0.2) is 46.9 Å². The van der Waals surface area contributed by atoms with Gasteiger partial charge in [-0.05, 0) is 23.3 Å². The highest BCUT2D eigenvalue weighted by Crippen LogP contribution is 2.24. The average molecular weight is 350 g/mol. The third-order valence-electron chi connectivity index (χ3n) is 2.97. The van der Waals surface area contributed by atoms with Gasteiger partial charge in [-0.1, -0.05) is 40.2 Å². The van der Waals surface area contributed by atoms with Crippen molar-refractivity contribution in [2.45, 2.75) is 13.0 Å². The fourth-order valence-corrected chi connectivity index (χ4v) is 2.42. The topological polar surface area (TPSA) is 61.5 Å². The van der Waals surface area contributed by atoms with Crippen LogP contribution >= 0.6 is 15.9 Å². The maximum atomic E-state index is 11.4. The number of ether oxygens (including phenoxy) is 2. The highest BCUT2D eigenvalue weighted by Gasteiger charge is 2.08. The molecule has 5 heteroatoms. The monoisotopic (exact) mass is 349 g/mol. The summed E-state index contributed by atoms with van der Waals surface area (Å²) in [5, 5.41) is 0. The number of nitrogens with two attached hydrogens (primary N) is 1. The second kappa shape index (κ2) is 7.13. The first-order chi connectivity index (χ1) is 10.1. The Kier molecular flexibility index (Phi) is 5.22. The molecule has 2 aromatic rings. The molecule has 2 N–H and O–H groups in total. The van der Waals surface area contributed by atoms with Crippen molar-refractivity contribution in [3.05, 3.63) is 58.1 Å². The number of hydrogen-bond acceptors (Lipinski definition) is 4. The van der Waals surface area contributed by atoms with Gasteiger partial charge in [0.25, 0.3) is 0 Å². The summed E-state index contributed by atoms with van der Waals surface area (Å²) in [4.78, 5) is 11.4. The van der Waals surface area contributed by atoms with Crippen LogP contribution < -0.4 is 10.5 Å². The summed E-state index contributed by atoms with van der Waals surface area (Å²) in [6.45, 7) is 0.364. The van der Waals surface area contributed by atoms with Crippen LogP contribution in [-0.2, 0) is 22.6 Å². The van der Waals surface area contributed by atoms with Crippen molar-refractivity contribution in [1.82, 2.24) is 0 Å². The van der Waals surface area contributed by atoms with Crippen molar-refractivity contribution in [2.24, 2.45) is 0 Å². The van der Waals surface area contributed by atoms with Gasteiger partial charge in [-0.3, -0.25) is 4.79 Å². The molecule has 0 bridgehead atoms. The van der Waals surface area contributed by atoms with Crippen molar-refractivity contribution in [3.63, 3.8) is 0 Å². The van der Waals surface area contributed by atoms with E-state index in [1.807, 2.05) is 30.3 Å². The molecule has 0 aliphatic rings. The van der Waals surface area contributed by atoms with Crippen LogP contribution in [0.25, 0.3) is 0 Å². The van der Waals surface area contributed by atoms with Gasteiger partial charge in [0.15, 0.2) is 0 Å². The Morgan fingerprint density at radius 1 is 1.19 bits per heavy atom. The van der Waals surface area contributed by atoms with Crippen molar-refractivity contribution < 1.29 is 14.3 Å². The Morgan fingerprint density at radius 3 is 2.57 bits per heavy atom. The fourth-order valence-electron chi connectivity index (χ4n) is 1.93. The van der Waals surface area contributed by atoms with E-state index in [2.05, 4.69) is 15.9 Å². The molecule has 110 valence electrons. The van der Waals surface area contributed by atoms with Crippen LogP contribution in [0.2, 0.25) is 0 Å². The summed E-state index contributed by atoms with van der Waals surface area (Å²) in [5.41, 5.74) is 8.24. The van der Waals surface area contributed by atoms with Gasteiger partial charge in [-0.15, -0.1) is 0 Å². The number of carbonyl (C=O) groups excluding carboxylic acids is 1. The molecule has 21 heavy (non-hydrogen) atoms. The minimum atomic E-state index is -0.269. The third-order valence-corrected chi connectivity index (χ3v) is 3.43. The van der Waals surface area contributed by atoms with Crippen molar-refractivity contribution in [3.8, 4) is 5.75 Å². The van der Waals surface area contributed by atoms with E-state index in [0.717, 1.165) is 15.6 Å². The summed E-state index contributed by atoms with van der Waals surface area (Å²) in [5.74, 6) is 0.406. The molecule has 0 heterocycles. The number of halogens is 1. The number of anilines is 1. The lowest BCUT2D eigenvalue weighted by Gasteiger charge is -2.11. The maximum Gasteiger partial charge on any atom is 0.309 e. The lowest BCUT2D eigenvalue weighted by atomic mass is 10.1. The number of esters is 1. The standard InChI is InChI=1S/C16H16BrNO3/c1-20-16(19)6-11-4-2-3-5-12(11)10-21-15-8-13(17)7-14(18)9-15/h2-5,7-9H,6,10,18H2,1H3. The predicted octanol–water partition coefficient (Wildman–Crippen LogP) is 3.33. The summed E-state index contributed by atoms with van der Waals surface area (Å²) in [7, 11) is 1.38. The van der Waals surface area contributed by atoms with Crippen LogP contribution in [-0.4, -0.2) is 13.1 Å². The fraction of sp³-hybridized carbons (Fsp3) is 0.188. The first kappa shape index (κ1) is 15.4. The molecule has 2 rings (SSSR count). The minimum absolute atomic E-state index is 0.233. The van der Waals surface area contributed by atoms with Crippen LogP contribution in [0.4, 0.5) is 5.69 Å². The van der Waals surface area contributed by atoms with E-state index in [1.165, 1.54) is 7.11 Å². The van der Waals surface area contributed by atoms with E-state index in [-0.39, 0.29) is 12.4 Å². The van der Waals surface area contributed by atoms with Gasteiger partial charge in [-0.2, -0.15) is 0 Å². The molecular weight excluding hydrogens is 334 g/mol. The summed E-state index contributed by atoms with van der Waals surface area (Å²) in [6.07, 6.45) is 0.233. The molecule has 0 aliphatic carbocycles. The number of rotatable bonds is 5. The van der Waals surface area contributed by atoms with E-state index < -0.39 is 0 Å². The molecule has 0 amide bonds. The molecule has 0 radical (unpaired) electrons. The summed E-state index contributed by atoms with van der Waals surface area (Å²) in [6, 6.07) is 13.0. The summed E-state index contributed by atoms with van der Waals surface area (Å²) >= 11 is 3.37. The van der Waals surface area contributed by atoms with Crippen molar-refractivity contribution in [2.75, 3.05) is 12.8 Å². The van der Waals surface area contributed by atoms with Crippen LogP contribution in [0.3, 0.4) is 0 Å². The molecule has 0 saturated carbocycles. The molecule has 0 atom stereocenters. The molecule has 0 spiro atoms. The quantitative estimate of drug-likeness (QED) is 0.664. The summed E-state index contributed by atoms with van der Waals surface area (Å²) < 4.78 is 11.3. The third kappa shape index (κ3) is 4.49. The zero-order chi connectivity index (χ0) is 15.2. The smallest absolute Gasteiger partial charge is 0.309 e. The zero-order valence-corrected chi connectivity index (χ0v) is 13.2. The lowest BCUT2D eigenvalue weighted by Crippen LogP contribution is -2.08. The Morgan fingerprint density at radius 2 is 1.90 bits per heavy atom. The molecule has 0 saturated heterocycles. The van der Waals surface area contributed by atoms with E-state index in [9.17, 15) is 4.79 Å². The van der Waals surface area contributed by atoms with E-state index in [0.29, 0.717) is 18.0 Å². The first-order valence-electron chi connectivity index (χ1n) is 6.41. The van der Waals surface area contributed by atoms with E-state index in [1.54, 1.807) is 12.1 Å². The SMILES string of the molecule is COC(=O)Cc1ccccc1COc1cc(N)cc(Br)c1. The number of hydrogen-bond donors (Lipinski definition) is 1. The molecule has 4 nitrogen and oxygen atoms in total. The minimum Gasteiger partial charge on any atom is -0.489 e. The number of methoxy groups -OCH3 is 1. The average Bonchev–Trinajstić information content (AvgIpc) is 2.45. The number of benzene rings is 2. The zero-order valence-electron chi connectivity index (χ0n) is 11.6. The molecule has 0 unspecified atom stereocenters. The Hall–Kier alpha value is -2.01. The highest BCUT2D eigenvalue weighted by atomic mass is 79.9. The molecule has 2 aromatic carbocycles. The van der Waals surface area contributed by atoms with Gasteiger partial charge in [0.1, 0.15) is 12.4 Å². The molecule has 0 aromatic heterocycles. The number of carbonyl (C=O) groups is 1. The Labute approximate surface area is 132 Å². The second-order valence-electron chi connectivity index (χ2n) is 4.53. The lowest BCUT2D eigenvalue weighted by molar-refractivity contribution is -0.139. The van der Waals surface area contributed by atoms with E-state index in [4.69, 9.17) is 15.2 Å². The van der Waals surface area contributed by atoms with Gasteiger partial charge in [-0.25, -0.2) is 0 Å². The van der Waals surface area contributed by atoms with E-state index >= 15 is 0 Å². The normalized spacial score (nSPS) is 10.2. The largest absolute Gasteiger partial charge is 0.489 e. The van der Waals surface area contributed by atoms with Gasteiger partial charge in [0.2, 0.25) is 0 Å². The van der Waals surface area contributed by atoms with Gasteiger partial charge < -0.3 is 15.2 Å². The molecule has 0 aliphatic heterocycles. The van der Waals surface area contributed by atoms with Gasteiger partial charge in [0, 0.05) is 16.2 Å². The van der Waals surface area contributed by atoms with Crippen LogP contribution in [0, 0.1) is 0 Å². The van der Waals surface area contributed by atoms with Crippen LogP contribution in [0.1, 0.15) is 11.1 Å². The van der Waals surface area contributed by atoms with Crippen LogP contribution in [0.5, 0.6) is 5.75 Å². The van der Waals surface area contributed by atoms with Crippen molar-refractivity contribution in [1.29, 1.82) is 0 Å². The maximum absolute atomic E-state index is 11.4. The highest BCUT2D eigenvalue weighted by molar-refractivity contribution is 9.10. The Bertz CT molecular complexity index is 623. The number of nitrogen functional groups attached to an aromatic ring is 1. The van der Waals surface area contributed by atoms with Gasteiger partial charge >= 0.3 is 5.97 Å². The van der Waals surface area contributed by atoms with Crippen molar-refractivity contribution >= 4 is 27.6 Å². The molecule has 0 fully saturated rings. The second-order valence-corrected chi connectivity index (χ2v) is 5.45. The molecular formula is C16H16BrNO3.